The van der Waals surface area contributed by atoms with Gasteiger partial charge in [-0.1, -0.05) is 77.3 Å². The van der Waals surface area contributed by atoms with Gasteiger partial charge < -0.3 is 0 Å². The molecule has 0 aliphatic carbocycles. The third-order valence-corrected chi connectivity index (χ3v) is 7.45. The Morgan fingerprint density at radius 3 is 2.42 bits per heavy atom. The summed E-state index contributed by atoms with van der Waals surface area (Å²) in [5.74, 6) is 0. The molecule has 0 fully saturated rings. The van der Waals surface area contributed by atoms with Crippen molar-refractivity contribution in [3.8, 4) is 10.6 Å². The van der Waals surface area contributed by atoms with Crippen molar-refractivity contribution in [1.29, 1.82) is 0 Å². The summed E-state index contributed by atoms with van der Waals surface area (Å²) in [6, 6.07) is 21.9. The number of benzene rings is 3. The second-order valence-corrected chi connectivity index (χ2v) is 8.18. The molecule has 3 heteroatoms. The second kappa shape index (κ2) is 5.13. The van der Waals surface area contributed by atoms with Crippen LogP contribution in [0.4, 0.5) is 0 Å². The molecule has 0 amide bonds. The number of aryl methyl sites for hydroxylation is 2. The Morgan fingerprint density at radius 2 is 1.54 bits per heavy atom. The van der Waals surface area contributed by atoms with Gasteiger partial charge in [-0.05, 0) is 29.3 Å². The van der Waals surface area contributed by atoms with Crippen molar-refractivity contribution in [2.75, 3.05) is 0 Å². The van der Waals surface area contributed by atoms with E-state index in [2.05, 4.69) is 79.2 Å². The number of nitrogens with zero attached hydrogens (tertiary/aromatic N) is 1. The van der Waals surface area contributed by atoms with E-state index < -0.39 is 0 Å². The highest BCUT2D eigenvalue weighted by molar-refractivity contribution is 7.33. The first-order valence-electron chi connectivity index (χ1n) is 8.03. The fourth-order valence-electron chi connectivity index (χ4n) is 3.42. The summed E-state index contributed by atoms with van der Waals surface area (Å²) in [5.41, 5.74) is 2.67. The molecular formula is C21H16NS2+. The van der Waals surface area contributed by atoms with E-state index in [1.165, 1.54) is 46.5 Å². The molecular weight excluding hydrogens is 330 g/mol. The summed E-state index contributed by atoms with van der Waals surface area (Å²) in [6.45, 7) is 2.19. The molecule has 0 N–H and O–H groups in total. The lowest BCUT2D eigenvalue weighted by atomic mass is 10.1. The van der Waals surface area contributed by atoms with E-state index in [-0.39, 0.29) is 0 Å². The molecule has 1 nitrogen and oxygen atoms in total. The Morgan fingerprint density at radius 1 is 0.750 bits per heavy atom. The van der Waals surface area contributed by atoms with E-state index in [1.807, 2.05) is 22.7 Å². The normalized spacial score (nSPS) is 11.8. The molecule has 0 aliphatic heterocycles. The smallest absolute Gasteiger partial charge is 0.175 e. The highest BCUT2D eigenvalue weighted by Crippen LogP contribution is 2.42. The Hall–Kier alpha value is -2.23. The van der Waals surface area contributed by atoms with Gasteiger partial charge in [-0.25, -0.2) is 0 Å². The van der Waals surface area contributed by atoms with Gasteiger partial charge in [0.2, 0.25) is 0 Å². The highest BCUT2D eigenvalue weighted by Gasteiger charge is 2.24. The minimum Gasteiger partial charge on any atom is -0.175 e. The highest BCUT2D eigenvalue weighted by atomic mass is 32.1. The maximum atomic E-state index is 2.36. The lowest BCUT2D eigenvalue weighted by Gasteiger charge is -2.00. The van der Waals surface area contributed by atoms with Crippen LogP contribution in [0.25, 0.3) is 41.0 Å². The molecule has 0 spiro atoms. The summed E-state index contributed by atoms with van der Waals surface area (Å²) in [5, 5.41) is 5.40. The molecule has 0 aliphatic rings. The standard InChI is InChI=1S/C21H16NS2/c1-13-7-3-5-9-15(13)20-22(2)21-19(24-20)17-12-11-14-8-4-6-10-16(14)18(17)23-21/h3-12H,1-2H3/q+1. The van der Waals surface area contributed by atoms with Crippen molar-refractivity contribution in [3.63, 3.8) is 0 Å². The number of thiazole rings is 1. The van der Waals surface area contributed by atoms with Crippen LogP contribution in [0, 0.1) is 6.92 Å². The van der Waals surface area contributed by atoms with Crippen LogP contribution in [0.5, 0.6) is 0 Å². The number of hydrogen-bond acceptors (Lipinski definition) is 2. The van der Waals surface area contributed by atoms with E-state index in [0.29, 0.717) is 0 Å². The van der Waals surface area contributed by atoms with Gasteiger partial charge in [-0.2, -0.15) is 4.57 Å². The molecule has 2 aromatic heterocycles. The summed E-state index contributed by atoms with van der Waals surface area (Å²) < 4.78 is 5.17. The van der Waals surface area contributed by atoms with Crippen LogP contribution >= 0.6 is 22.7 Å². The van der Waals surface area contributed by atoms with Gasteiger partial charge >= 0.3 is 0 Å². The summed E-state index contributed by atoms with van der Waals surface area (Å²) in [7, 11) is 2.19. The van der Waals surface area contributed by atoms with Gasteiger partial charge in [0.05, 0.1) is 10.3 Å². The molecule has 5 aromatic rings. The fraction of sp³-hybridized carbons (Fsp3) is 0.0952. The van der Waals surface area contributed by atoms with Crippen LogP contribution < -0.4 is 4.57 Å². The third-order valence-electron chi connectivity index (χ3n) is 4.70. The van der Waals surface area contributed by atoms with Crippen LogP contribution in [-0.4, -0.2) is 0 Å². The van der Waals surface area contributed by atoms with Gasteiger partial charge in [-0.3, -0.25) is 0 Å². The average Bonchev–Trinajstić information content (AvgIpc) is 3.13. The maximum absolute atomic E-state index is 2.36. The largest absolute Gasteiger partial charge is 0.281 e. The predicted molar refractivity (Wildman–Crippen MR) is 106 cm³/mol. The summed E-state index contributed by atoms with van der Waals surface area (Å²) in [6.07, 6.45) is 0. The van der Waals surface area contributed by atoms with Crippen molar-refractivity contribution in [1.82, 2.24) is 0 Å². The van der Waals surface area contributed by atoms with Crippen molar-refractivity contribution in [2.24, 2.45) is 7.05 Å². The molecule has 0 saturated heterocycles. The Kier molecular flexibility index (Phi) is 3.02. The number of rotatable bonds is 1. The van der Waals surface area contributed by atoms with E-state index in [4.69, 9.17) is 0 Å². The number of aromatic nitrogens is 1. The number of thiophene rings is 1. The van der Waals surface area contributed by atoms with Crippen LogP contribution in [0.3, 0.4) is 0 Å². The topological polar surface area (TPSA) is 3.88 Å². The van der Waals surface area contributed by atoms with Crippen LogP contribution in [0.2, 0.25) is 0 Å². The minimum absolute atomic E-state index is 1.32. The van der Waals surface area contributed by atoms with Crippen LogP contribution in [0.15, 0.2) is 60.7 Å². The Labute approximate surface area is 148 Å². The zero-order chi connectivity index (χ0) is 16.3. The first-order chi connectivity index (χ1) is 11.7. The molecule has 0 radical (unpaired) electrons. The van der Waals surface area contributed by atoms with Gasteiger partial charge in [-0.15, -0.1) is 0 Å². The monoisotopic (exact) mass is 346 g/mol. The average molecular weight is 347 g/mol. The van der Waals surface area contributed by atoms with E-state index in [9.17, 15) is 0 Å². The lowest BCUT2D eigenvalue weighted by Crippen LogP contribution is -2.27. The van der Waals surface area contributed by atoms with Gasteiger partial charge in [0.15, 0.2) is 0 Å². The predicted octanol–water partition coefficient (Wildman–Crippen LogP) is 6.07. The zero-order valence-corrected chi connectivity index (χ0v) is 15.2. The summed E-state index contributed by atoms with van der Waals surface area (Å²) >= 11 is 3.82. The molecule has 0 unspecified atom stereocenters. The molecule has 0 bridgehead atoms. The van der Waals surface area contributed by atoms with Crippen LogP contribution in [-0.2, 0) is 7.05 Å². The lowest BCUT2D eigenvalue weighted by molar-refractivity contribution is -0.627. The molecule has 116 valence electrons. The Balaban J connectivity index is 1.87. The minimum atomic E-state index is 1.32. The SMILES string of the molecule is Cc1ccccc1-c1sc2c3ccc4ccccc4c3sc2[n+]1C. The number of hydrogen-bond donors (Lipinski definition) is 0. The molecule has 2 heterocycles. The van der Waals surface area contributed by atoms with Crippen molar-refractivity contribution < 1.29 is 4.57 Å². The van der Waals surface area contributed by atoms with Crippen molar-refractivity contribution in [3.05, 3.63) is 66.2 Å². The fourth-order valence-corrected chi connectivity index (χ4v) is 6.25. The maximum Gasteiger partial charge on any atom is 0.281 e. The van der Waals surface area contributed by atoms with E-state index in [1.54, 1.807) is 0 Å². The first kappa shape index (κ1) is 14.1. The zero-order valence-electron chi connectivity index (χ0n) is 13.5. The van der Waals surface area contributed by atoms with Gasteiger partial charge in [0.1, 0.15) is 11.7 Å². The van der Waals surface area contributed by atoms with Crippen molar-refractivity contribution >= 4 is 53.1 Å². The van der Waals surface area contributed by atoms with Crippen molar-refractivity contribution in [2.45, 2.75) is 6.92 Å². The first-order valence-corrected chi connectivity index (χ1v) is 9.66. The number of fused-ring (bicyclic) bond motifs is 5. The van der Waals surface area contributed by atoms with Gasteiger partial charge in [0.25, 0.3) is 9.84 Å². The van der Waals surface area contributed by atoms with Gasteiger partial charge in [0, 0.05) is 5.39 Å². The summed E-state index contributed by atoms with van der Waals surface area (Å²) in [4.78, 5) is 1.37. The van der Waals surface area contributed by atoms with E-state index >= 15 is 0 Å². The van der Waals surface area contributed by atoms with Crippen LogP contribution in [0.1, 0.15) is 5.56 Å². The molecule has 0 saturated carbocycles. The molecule has 3 aromatic carbocycles. The van der Waals surface area contributed by atoms with E-state index in [0.717, 1.165) is 0 Å². The molecule has 0 atom stereocenters. The Bertz CT molecular complexity index is 1230. The quantitative estimate of drug-likeness (QED) is 0.324. The second-order valence-electron chi connectivity index (χ2n) is 6.18. The molecule has 24 heavy (non-hydrogen) atoms. The molecule has 5 rings (SSSR count). The third kappa shape index (κ3) is 1.89.